The first-order chi connectivity index (χ1) is 15.6. The van der Waals surface area contributed by atoms with Gasteiger partial charge in [-0.25, -0.2) is 0 Å². The average Bonchev–Trinajstić information content (AvgIpc) is 2.80. The zero-order valence-electron chi connectivity index (χ0n) is 17.4. The molecule has 4 aromatic rings. The fourth-order valence-corrected chi connectivity index (χ4v) is 3.55. The maximum Gasteiger partial charge on any atom is 0.144 e. The third-order valence-electron chi connectivity index (χ3n) is 4.86. The molecule has 7 heteroatoms. The van der Waals surface area contributed by atoms with E-state index in [0.29, 0.717) is 63.3 Å². The average molecular weight is 445 g/mol. The van der Waals surface area contributed by atoms with Gasteiger partial charge in [0.05, 0.1) is 34.1 Å². The van der Waals surface area contributed by atoms with Crippen molar-refractivity contribution in [2.24, 2.45) is 0 Å². The summed E-state index contributed by atoms with van der Waals surface area (Å²) in [7, 11) is 0. The monoisotopic (exact) mass is 444 g/mol. The number of nitrogens with zero attached hydrogens (tertiary/aromatic N) is 2. The fraction of sp³-hybridized carbons (Fsp3) is 0.120. The van der Waals surface area contributed by atoms with Gasteiger partial charge in [-0.2, -0.15) is 5.26 Å². The quantitative estimate of drug-likeness (QED) is 0.336. The van der Waals surface area contributed by atoms with Crippen LogP contribution in [0.3, 0.4) is 0 Å². The number of rotatable bonds is 7. The molecule has 32 heavy (non-hydrogen) atoms. The molecule has 1 aromatic heterocycles. The highest BCUT2D eigenvalue weighted by molar-refractivity contribution is 6.32. The Morgan fingerprint density at radius 3 is 2.59 bits per heavy atom. The summed E-state index contributed by atoms with van der Waals surface area (Å²) < 4.78 is 11.4. The smallest absolute Gasteiger partial charge is 0.144 e. The molecule has 0 radical (unpaired) electrons. The Morgan fingerprint density at radius 2 is 1.88 bits per heavy atom. The van der Waals surface area contributed by atoms with Crippen molar-refractivity contribution in [3.63, 3.8) is 0 Å². The molecule has 0 unspecified atom stereocenters. The molecule has 0 aliphatic heterocycles. The van der Waals surface area contributed by atoms with Crippen molar-refractivity contribution < 1.29 is 9.47 Å². The SMILES string of the molecule is CCOc1cc2ncc(C#N)c(Nc3ccc(OCc4ccccc4)c(Cl)c3)c2cc1N. The Labute approximate surface area is 191 Å². The molecule has 0 saturated carbocycles. The number of halogens is 1. The summed E-state index contributed by atoms with van der Waals surface area (Å²) in [6.07, 6.45) is 1.52. The van der Waals surface area contributed by atoms with E-state index in [4.69, 9.17) is 26.8 Å². The van der Waals surface area contributed by atoms with E-state index in [9.17, 15) is 5.26 Å². The molecule has 1 heterocycles. The van der Waals surface area contributed by atoms with Crippen LogP contribution in [0.5, 0.6) is 11.5 Å². The van der Waals surface area contributed by atoms with E-state index in [1.807, 2.05) is 43.3 Å². The van der Waals surface area contributed by atoms with Crippen LogP contribution in [0.15, 0.2) is 66.9 Å². The second kappa shape index (κ2) is 9.46. The third-order valence-corrected chi connectivity index (χ3v) is 5.15. The van der Waals surface area contributed by atoms with Crippen LogP contribution in [0, 0.1) is 11.3 Å². The number of aromatic nitrogens is 1. The number of nitrogen functional groups attached to an aromatic ring is 1. The molecule has 4 rings (SSSR count). The first kappa shape index (κ1) is 21.3. The van der Waals surface area contributed by atoms with Gasteiger partial charge in [-0.1, -0.05) is 41.9 Å². The number of hydrogen-bond acceptors (Lipinski definition) is 6. The molecule has 3 aromatic carbocycles. The number of hydrogen-bond donors (Lipinski definition) is 2. The predicted molar refractivity (Wildman–Crippen MR) is 128 cm³/mol. The van der Waals surface area contributed by atoms with Gasteiger partial charge in [-0.15, -0.1) is 0 Å². The van der Waals surface area contributed by atoms with E-state index < -0.39 is 0 Å². The van der Waals surface area contributed by atoms with Crippen LogP contribution in [0.4, 0.5) is 17.1 Å². The van der Waals surface area contributed by atoms with E-state index in [0.717, 1.165) is 5.56 Å². The third kappa shape index (κ3) is 4.53. The highest BCUT2D eigenvalue weighted by Gasteiger charge is 2.13. The second-order valence-corrected chi connectivity index (χ2v) is 7.45. The summed E-state index contributed by atoms with van der Waals surface area (Å²) in [4.78, 5) is 4.38. The Balaban J connectivity index is 1.63. The van der Waals surface area contributed by atoms with Crippen LogP contribution in [0.2, 0.25) is 5.02 Å². The van der Waals surface area contributed by atoms with Crippen LogP contribution >= 0.6 is 11.6 Å². The van der Waals surface area contributed by atoms with E-state index >= 15 is 0 Å². The van der Waals surface area contributed by atoms with Crippen molar-refractivity contribution in [1.29, 1.82) is 5.26 Å². The van der Waals surface area contributed by atoms with Crippen LogP contribution < -0.4 is 20.5 Å². The maximum absolute atomic E-state index is 9.61. The summed E-state index contributed by atoms with van der Waals surface area (Å²) in [6.45, 7) is 2.80. The molecule has 0 amide bonds. The summed E-state index contributed by atoms with van der Waals surface area (Å²) in [6, 6.07) is 21.0. The Bertz CT molecular complexity index is 1300. The van der Waals surface area contributed by atoms with Crippen molar-refractivity contribution in [2.45, 2.75) is 13.5 Å². The zero-order valence-corrected chi connectivity index (χ0v) is 18.2. The van der Waals surface area contributed by atoms with E-state index in [1.165, 1.54) is 6.20 Å². The van der Waals surface area contributed by atoms with Crippen molar-refractivity contribution in [1.82, 2.24) is 4.98 Å². The summed E-state index contributed by atoms with van der Waals surface area (Å²) in [5.74, 6) is 1.14. The van der Waals surface area contributed by atoms with Gasteiger partial charge in [0, 0.05) is 23.3 Å². The van der Waals surface area contributed by atoms with E-state index in [-0.39, 0.29) is 0 Å². The highest BCUT2D eigenvalue weighted by atomic mass is 35.5. The fourth-order valence-electron chi connectivity index (χ4n) is 3.31. The Morgan fingerprint density at radius 1 is 1.06 bits per heavy atom. The standard InChI is InChI=1S/C25H21ClN4O2/c1-2-31-24-12-22-19(11-21(24)28)25(17(13-27)14-29-22)30-18-8-9-23(20(26)10-18)32-15-16-6-4-3-5-7-16/h3-12,14H,2,15,28H2,1H3,(H,29,30). The first-order valence-electron chi connectivity index (χ1n) is 10.1. The molecule has 0 spiro atoms. The van der Waals surface area contributed by atoms with E-state index in [1.54, 1.807) is 24.3 Å². The minimum absolute atomic E-state index is 0.390. The first-order valence-corrected chi connectivity index (χ1v) is 10.4. The molecule has 0 aliphatic carbocycles. The number of nitrogens with two attached hydrogens (primary N) is 1. The minimum atomic E-state index is 0.390. The molecule has 0 atom stereocenters. The molecule has 6 nitrogen and oxygen atoms in total. The summed E-state index contributed by atoms with van der Waals surface area (Å²) in [5.41, 5.74) is 10.0. The highest BCUT2D eigenvalue weighted by Crippen LogP contribution is 2.36. The van der Waals surface area contributed by atoms with Gasteiger partial charge < -0.3 is 20.5 Å². The largest absolute Gasteiger partial charge is 0.492 e. The van der Waals surface area contributed by atoms with Crippen LogP contribution in [0.1, 0.15) is 18.1 Å². The van der Waals surface area contributed by atoms with Gasteiger partial charge in [0.15, 0.2) is 0 Å². The topological polar surface area (TPSA) is 93.2 Å². The number of benzene rings is 3. The normalized spacial score (nSPS) is 10.5. The molecule has 160 valence electrons. The number of pyridine rings is 1. The molecule has 0 bridgehead atoms. The summed E-state index contributed by atoms with van der Waals surface area (Å²) >= 11 is 6.46. The van der Waals surface area contributed by atoms with Crippen LogP contribution in [-0.2, 0) is 6.61 Å². The number of nitrogens with one attached hydrogen (secondary N) is 1. The molecular formula is C25H21ClN4O2. The number of anilines is 3. The van der Waals surface area contributed by atoms with Gasteiger partial charge in [-0.3, -0.25) is 4.98 Å². The maximum atomic E-state index is 9.61. The van der Waals surface area contributed by atoms with Gasteiger partial charge in [0.1, 0.15) is 24.2 Å². The van der Waals surface area contributed by atoms with Crippen molar-refractivity contribution >= 4 is 39.6 Å². The lowest BCUT2D eigenvalue weighted by molar-refractivity contribution is 0.306. The zero-order chi connectivity index (χ0) is 22.5. The minimum Gasteiger partial charge on any atom is -0.492 e. The molecule has 0 saturated heterocycles. The number of fused-ring (bicyclic) bond motifs is 1. The number of ether oxygens (including phenoxy) is 2. The lowest BCUT2D eigenvalue weighted by Crippen LogP contribution is -2.01. The van der Waals surface area contributed by atoms with Crippen molar-refractivity contribution in [2.75, 3.05) is 17.7 Å². The Kier molecular flexibility index (Phi) is 6.29. The second-order valence-electron chi connectivity index (χ2n) is 7.04. The molecule has 0 aliphatic rings. The predicted octanol–water partition coefficient (Wildman–Crippen LogP) is 6.06. The lowest BCUT2D eigenvalue weighted by Gasteiger charge is -2.15. The summed E-state index contributed by atoms with van der Waals surface area (Å²) in [5, 5.41) is 14.1. The van der Waals surface area contributed by atoms with Crippen molar-refractivity contribution in [3.8, 4) is 17.6 Å². The molecular weight excluding hydrogens is 424 g/mol. The number of nitriles is 1. The van der Waals surface area contributed by atoms with Gasteiger partial charge in [0.25, 0.3) is 0 Å². The molecule has 0 fully saturated rings. The van der Waals surface area contributed by atoms with Crippen LogP contribution in [-0.4, -0.2) is 11.6 Å². The Hall–Kier alpha value is -3.95. The van der Waals surface area contributed by atoms with Gasteiger partial charge in [-0.05, 0) is 36.8 Å². The lowest BCUT2D eigenvalue weighted by atomic mass is 10.1. The van der Waals surface area contributed by atoms with E-state index in [2.05, 4.69) is 16.4 Å². The van der Waals surface area contributed by atoms with Gasteiger partial charge in [0.2, 0.25) is 0 Å². The molecule has 3 N–H and O–H groups in total. The van der Waals surface area contributed by atoms with Crippen molar-refractivity contribution in [3.05, 3.63) is 83.0 Å². The van der Waals surface area contributed by atoms with Gasteiger partial charge >= 0.3 is 0 Å². The van der Waals surface area contributed by atoms with Crippen LogP contribution in [0.25, 0.3) is 10.9 Å².